The number of aliphatic hydroxyl groups excluding tert-OH is 2. The highest BCUT2D eigenvalue weighted by Crippen LogP contribution is 2.59. The molecular weight excluding hydrogens is 272 g/mol. The van der Waals surface area contributed by atoms with Crippen LogP contribution in [0.1, 0.15) is 59.3 Å². The fourth-order valence-corrected chi connectivity index (χ4v) is 4.48. The smallest absolute Gasteiger partial charge is 0.0750 e. The maximum atomic E-state index is 10.3. The SMILES string of the molecule is C=C1CC[C@H](O)C(=C)CC[C@@H]2C1C[C@@]2(C)CC(O)C=C(C)C. The van der Waals surface area contributed by atoms with Gasteiger partial charge in [-0.05, 0) is 75.2 Å². The topological polar surface area (TPSA) is 40.5 Å². The number of hydrogen-bond acceptors (Lipinski definition) is 2. The molecule has 0 heterocycles. The normalized spacial score (nSPS) is 37.2. The fraction of sp³-hybridized carbons (Fsp3) is 0.700. The molecule has 0 spiro atoms. The van der Waals surface area contributed by atoms with Gasteiger partial charge in [0, 0.05) is 0 Å². The van der Waals surface area contributed by atoms with E-state index in [1.807, 2.05) is 19.9 Å². The molecule has 124 valence electrons. The van der Waals surface area contributed by atoms with Crippen molar-refractivity contribution in [3.05, 3.63) is 36.0 Å². The molecule has 0 aromatic heterocycles. The van der Waals surface area contributed by atoms with Crippen molar-refractivity contribution in [2.45, 2.75) is 71.5 Å². The highest BCUT2D eigenvalue weighted by Gasteiger charge is 2.51. The molecule has 2 N–H and O–H groups in total. The van der Waals surface area contributed by atoms with Gasteiger partial charge in [0.1, 0.15) is 0 Å². The van der Waals surface area contributed by atoms with Crippen molar-refractivity contribution in [3.63, 3.8) is 0 Å². The molecule has 22 heavy (non-hydrogen) atoms. The van der Waals surface area contributed by atoms with Crippen LogP contribution in [0.2, 0.25) is 0 Å². The Hall–Kier alpha value is -0.860. The molecule has 0 radical (unpaired) electrons. The maximum absolute atomic E-state index is 10.3. The molecule has 0 amide bonds. The molecule has 2 rings (SSSR count). The van der Waals surface area contributed by atoms with Crippen LogP contribution in [0.5, 0.6) is 0 Å². The molecule has 2 unspecified atom stereocenters. The third kappa shape index (κ3) is 3.72. The first kappa shape index (κ1) is 17.5. The van der Waals surface area contributed by atoms with Crippen LogP contribution in [0, 0.1) is 17.3 Å². The summed E-state index contributed by atoms with van der Waals surface area (Å²) in [6, 6.07) is 0. The quantitative estimate of drug-likeness (QED) is 0.759. The Bertz CT molecular complexity index is 472. The Labute approximate surface area is 135 Å². The minimum atomic E-state index is -0.378. The predicted octanol–water partition coefficient (Wildman–Crippen LogP) is 4.39. The van der Waals surface area contributed by atoms with Crippen molar-refractivity contribution in [3.8, 4) is 0 Å². The summed E-state index contributed by atoms with van der Waals surface area (Å²) in [5, 5.41) is 20.4. The van der Waals surface area contributed by atoms with Gasteiger partial charge in [-0.15, -0.1) is 0 Å². The lowest BCUT2D eigenvalue weighted by atomic mass is 9.49. The lowest BCUT2D eigenvalue weighted by molar-refractivity contribution is -0.0436. The standard InChI is InChI=1S/C20H32O2/c1-13(2)10-16(21)11-20(5)12-17-14(3)7-9-19(22)15(4)6-8-18(17)20/h10,16-19,21-22H,3-4,6-9,11-12H2,1-2,5H3/t16?,17?,18-,19+,20-/m1/s1. The fourth-order valence-electron chi connectivity index (χ4n) is 4.48. The Morgan fingerprint density at radius 1 is 1.27 bits per heavy atom. The predicted molar refractivity (Wildman–Crippen MR) is 92.5 cm³/mol. The zero-order chi connectivity index (χ0) is 16.5. The van der Waals surface area contributed by atoms with E-state index in [4.69, 9.17) is 0 Å². The highest BCUT2D eigenvalue weighted by atomic mass is 16.3. The van der Waals surface area contributed by atoms with Gasteiger partial charge in [0.2, 0.25) is 0 Å². The summed E-state index contributed by atoms with van der Waals surface area (Å²) in [6.07, 6.45) is 6.77. The van der Waals surface area contributed by atoms with E-state index in [1.165, 1.54) is 11.1 Å². The molecular formula is C20H32O2. The van der Waals surface area contributed by atoms with E-state index in [1.54, 1.807) is 0 Å². The average Bonchev–Trinajstić information content (AvgIpc) is 2.43. The van der Waals surface area contributed by atoms with Gasteiger partial charge < -0.3 is 10.2 Å². The van der Waals surface area contributed by atoms with Crippen molar-refractivity contribution in [2.75, 3.05) is 0 Å². The van der Waals surface area contributed by atoms with Gasteiger partial charge in [-0.25, -0.2) is 0 Å². The summed E-state index contributed by atoms with van der Waals surface area (Å²) in [6.45, 7) is 14.7. The van der Waals surface area contributed by atoms with Crippen LogP contribution in [0.15, 0.2) is 36.0 Å². The minimum absolute atomic E-state index is 0.175. The van der Waals surface area contributed by atoms with Crippen LogP contribution in [0.3, 0.4) is 0 Å². The highest BCUT2D eigenvalue weighted by molar-refractivity contribution is 5.18. The van der Waals surface area contributed by atoms with E-state index in [0.29, 0.717) is 11.8 Å². The van der Waals surface area contributed by atoms with Crippen LogP contribution in [-0.2, 0) is 0 Å². The zero-order valence-electron chi connectivity index (χ0n) is 14.4. The van der Waals surface area contributed by atoms with Crippen molar-refractivity contribution < 1.29 is 10.2 Å². The first-order chi connectivity index (χ1) is 10.2. The molecule has 0 aliphatic heterocycles. The monoisotopic (exact) mass is 304 g/mol. The zero-order valence-corrected chi connectivity index (χ0v) is 14.4. The second kappa shape index (κ2) is 6.72. The molecule has 2 saturated carbocycles. The van der Waals surface area contributed by atoms with Crippen molar-refractivity contribution in [1.82, 2.24) is 0 Å². The summed E-state index contributed by atoms with van der Waals surface area (Å²) < 4.78 is 0. The lowest BCUT2D eigenvalue weighted by Gasteiger charge is -2.55. The molecule has 2 fully saturated rings. The Morgan fingerprint density at radius 2 is 1.91 bits per heavy atom. The van der Waals surface area contributed by atoms with Gasteiger partial charge in [-0.3, -0.25) is 0 Å². The third-order valence-corrected chi connectivity index (χ3v) is 5.78. The molecule has 2 aliphatic carbocycles. The average molecular weight is 304 g/mol. The van der Waals surface area contributed by atoms with Crippen LogP contribution >= 0.6 is 0 Å². The van der Waals surface area contributed by atoms with Crippen LogP contribution in [0.4, 0.5) is 0 Å². The largest absolute Gasteiger partial charge is 0.389 e. The second-order valence-electron chi connectivity index (χ2n) is 8.00. The molecule has 0 saturated heterocycles. The number of aliphatic hydroxyl groups is 2. The van der Waals surface area contributed by atoms with E-state index >= 15 is 0 Å². The summed E-state index contributed by atoms with van der Waals surface area (Å²) in [5.74, 6) is 1.12. The maximum Gasteiger partial charge on any atom is 0.0750 e. The van der Waals surface area contributed by atoms with Gasteiger partial charge in [-0.2, -0.15) is 0 Å². The van der Waals surface area contributed by atoms with Crippen LogP contribution in [-0.4, -0.2) is 22.4 Å². The first-order valence-corrected chi connectivity index (χ1v) is 8.59. The third-order valence-electron chi connectivity index (χ3n) is 5.78. The second-order valence-corrected chi connectivity index (χ2v) is 8.00. The van der Waals surface area contributed by atoms with Crippen LogP contribution in [0.25, 0.3) is 0 Å². The summed E-state index contributed by atoms with van der Waals surface area (Å²) >= 11 is 0. The lowest BCUT2D eigenvalue weighted by Crippen LogP contribution is -2.48. The van der Waals surface area contributed by atoms with Crippen molar-refractivity contribution in [2.24, 2.45) is 17.3 Å². The van der Waals surface area contributed by atoms with E-state index in [0.717, 1.165) is 44.1 Å². The first-order valence-electron chi connectivity index (χ1n) is 8.59. The number of hydrogen-bond donors (Lipinski definition) is 2. The van der Waals surface area contributed by atoms with Gasteiger partial charge in [-0.1, -0.05) is 37.3 Å². The van der Waals surface area contributed by atoms with Gasteiger partial charge in [0.15, 0.2) is 0 Å². The Morgan fingerprint density at radius 3 is 2.55 bits per heavy atom. The number of rotatable bonds is 3. The van der Waals surface area contributed by atoms with Crippen LogP contribution < -0.4 is 0 Å². The van der Waals surface area contributed by atoms with Crippen molar-refractivity contribution in [1.29, 1.82) is 0 Å². The summed E-state index contributed by atoms with van der Waals surface area (Å²) in [7, 11) is 0. The van der Waals surface area contributed by atoms with Crippen molar-refractivity contribution >= 4 is 0 Å². The van der Waals surface area contributed by atoms with Gasteiger partial charge in [0.25, 0.3) is 0 Å². The molecule has 0 bridgehead atoms. The minimum Gasteiger partial charge on any atom is -0.389 e. The van der Waals surface area contributed by atoms with E-state index < -0.39 is 0 Å². The molecule has 2 nitrogen and oxygen atoms in total. The molecule has 5 atom stereocenters. The number of fused-ring (bicyclic) bond motifs is 1. The van der Waals surface area contributed by atoms with Gasteiger partial charge in [0.05, 0.1) is 12.2 Å². The number of allylic oxidation sites excluding steroid dienone is 2. The molecule has 2 heteroatoms. The van der Waals surface area contributed by atoms with E-state index in [2.05, 4.69) is 20.1 Å². The summed E-state index contributed by atoms with van der Waals surface area (Å²) in [4.78, 5) is 0. The Balaban J connectivity index is 2.09. The van der Waals surface area contributed by atoms with E-state index in [-0.39, 0.29) is 17.6 Å². The molecule has 0 aromatic carbocycles. The summed E-state index contributed by atoms with van der Waals surface area (Å²) in [5.41, 5.74) is 3.59. The molecule has 0 aromatic rings. The molecule has 2 aliphatic rings. The Kier molecular flexibility index (Phi) is 5.34. The van der Waals surface area contributed by atoms with Gasteiger partial charge >= 0.3 is 0 Å². The van der Waals surface area contributed by atoms with E-state index in [9.17, 15) is 10.2 Å².